The van der Waals surface area contributed by atoms with Gasteiger partial charge in [-0.2, -0.15) is 0 Å². The van der Waals surface area contributed by atoms with Crippen LogP contribution < -0.4 is 0 Å². The van der Waals surface area contributed by atoms with Gasteiger partial charge in [-0.1, -0.05) is 36.4 Å². The fourth-order valence-electron chi connectivity index (χ4n) is 1.98. The van der Waals surface area contributed by atoms with Crippen LogP contribution in [0.1, 0.15) is 35.2 Å². The molecule has 0 amide bonds. The van der Waals surface area contributed by atoms with Gasteiger partial charge in [0.2, 0.25) is 5.78 Å². The molecule has 0 aliphatic rings. The third-order valence-corrected chi connectivity index (χ3v) is 5.42. The van der Waals surface area contributed by atoms with Gasteiger partial charge in [0.05, 0.1) is 18.1 Å². The first-order chi connectivity index (χ1) is 11.1. The summed E-state index contributed by atoms with van der Waals surface area (Å²) in [6.07, 6.45) is -1.04. The zero-order valence-electron chi connectivity index (χ0n) is 13.0. The van der Waals surface area contributed by atoms with E-state index < -0.39 is 13.9 Å². The average molecular weight is 354 g/mol. The molecule has 0 spiro atoms. The lowest BCUT2D eigenvalue weighted by Gasteiger charge is -2.22. The number of benzene rings is 1. The van der Waals surface area contributed by atoms with Crippen LogP contribution in [0.15, 0.2) is 47.8 Å². The molecule has 5 nitrogen and oxygen atoms in total. The highest BCUT2D eigenvalue weighted by Crippen LogP contribution is 2.53. The number of ketones is 1. The Hall–Kier alpha value is -1.30. The molecule has 1 aromatic carbocycles. The van der Waals surface area contributed by atoms with Crippen molar-refractivity contribution in [2.45, 2.75) is 20.0 Å². The van der Waals surface area contributed by atoms with Gasteiger partial charge >= 0.3 is 7.82 Å². The Morgan fingerprint density at radius 3 is 2.26 bits per heavy atom. The van der Waals surface area contributed by atoms with E-state index in [0.29, 0.717) is 10.4 Å². The molecule has 2 rings (SSSR count). The van der Waals surface area contributed by atoms with Crippen LogP contribution in [0.3, 0.4) is 0 Å². The fourth-order valence-corrected chi connectivity index (χ4v) is 3.97. The predicted octanol–water partition coefficient (Wildman–Crippen LogP) is 4.87. The number of carbonyl (C=O) groups excluding carboxylic acids is 1. The summed E-state index contributed by atoms with van der Waals surface area (Å²) in [5.74, 6) is -0.272. The van der Waals surface area contributed by atoms with Crippen LogP contribution in [0.4, 0.5) is 0 Å². The van der Waals surface area contributed by atoms with E-state index in [1.165, 1.54) is 11.3 Å². The normalized spacial score (nSPS) is 13.0. The van der Waals surface area contributed by atoms with Crippen molar-refractivity contribution >= 4 is 24.9 Å². The van der Waals surface area contributed by atoms with Gasteiger partial charge in [-0.25, -0.2) is 4.57 Å². The van der Waals surface area contributed by atoms with Gasteiger partial charge in [-0.05, 0) is 30.9 Å². The second kappa shape index (κ2) is 8.52. The summed E-state index contributed by atoms with van der Waals surface area (Å²) >= 11 is 1.31. The molecule has 7 heteroatoms. The second-order valence-corrected chi connectivity index (χ2v) is 7.09. The number of thiophene rings is 1. The molecule has 0 bridgehead atoms. The average Bonchev–Trinajstić information content (AvgIpc) is 3.08. The first-order valence-electron chi connectivity index (χ1n) is 7.29. The largest absolute Gasteiger partial charge is 0.475 e. The van der Waals surface area contributed by atoms with E-state index in [4.69, 9.17) is 13.6 Å². The first kappa shape index (κ1) is 18.0. The van der Waals surface area contributed by atoms with E-state index in [0.717, 1.165) is 0 Å². The molecule has 1 atom stereocenters. The molecule has 1 heterocycles. The van der Waals surface area contributed by atoms with E-state index in [1.807, 2.05) is 6.07 Å². The molecule has 23 heavy (non-hydrogen) atoms. The topological polar surface area (TPSA) is 61.8 Å². The Morgan fingerprint density at radius 2 is 1.74 bits per heavy atom. The number of hydrogen-bond donors (Lipinski definition) is 0. The monoisotopic (exact) mass is 354 g/mol. The quantitative estimate of drug-likeness (QED) is 0.475. The minimum absolute atomic E-state index is 0.159. The zero-order chi connectivity index (χ0) is 16.7. The van der Waals surface area contributed by atoms with Crippen molar-refractivity contribution in [3.63, 3.8) is 0 Å². The Kier molecular flexibility index (Phi) is 6.69. The molecule has 0 saturated heterocycles. The number of hydrogen-bond acceptors (Lipinski definition) is 6. The van der Waals surface area contributed by atoms with E-state index in [-0.39, 0.29) is 19.0 Å². The number of phosphoric acid groups is 1. The Balaban J connectivity index is 2.34. The maximum atomic E-state index is 12.7. The summed E-state index contributed by atoms with van der Waals surface area (Å²) in [6, 6.07) is 12.4. The van der Waals surface area contributed by atoms with Gasteiger partial charge in [0.25, 0.3) is 0 Å². The highest BCUT2D eigenvalue weighted by molar-refractivity contribution is 7.48. The summed E-state index contributed by atoms with van der Waals surface area (Å²) in [6.45, 7) is 3.69. The molecular weight excluding hydrogens is 335 g/mol. The zero-order valence-corrected chi connectivity index (χ0v) is 14.7. The SMILES string of the molecule is CCOP(=O)(OCC)OC(C(=O)c1cccs1)c1ccccc1. The van der Waals surface area contributed by atoms with Crippen molar-refractivity contribution in [2.24, 2.45) is 0 Å². The predicted molar refractivity (Wildman–Crippen MR) is 89.8 cm³/mol. The van der Waals surface area contributed by atoms with Crippen LogP contribution in [0, 0.1) is 0 Å². The van der Waals surface area contributed by atoms with E-state index in [9.17, 15) is 9.36 Å². The van der Waals surface area contributed by atoms with Gasteiger partial charge in [0.1, 0.15) is 0 Å². The summed E-state index contributed by atoms with van der Waals surface area (Å²) in [7, 11) is -3.81. The van der Waals surface area contributed by atoms with Crippen LogP contribution in [0.5, 0.6) is 0 Å². The molecule has 0 aliphatic carbocycles. The lowest BCUT2D eigenvalue weighted by molar-refractivity contribution is 0.0597. The minimum Gasteiger partial charge on any atom is -0.290 e. The number of carbonyl (C=O) groups is 1. The van der Waals surface area contributed by atoms with Crippen molar-refractivity contribution in [1.82, 2.24) is 0 Å². The van der Waals surface area contributed by atoms with Gasteiger partial charge in [0, 0.05) is 0 Å². The van der Waals surface area contributed by atoms with Gasteiger partial charge < -0.3 is 0 Å². The Labute approximate surface area is 139 Å². The molecule has 0 fully saturated rings. The maximum Gasteiger partial charge on any atom is 0.475 e. The summed E-state index contributed by atoms with van der Waals surface area (Å²) in [4.78, 5) is 13.3. The van der Waals surface area contributed by atoms with Crippen LogP contribution in [0.25, 0.3) is 0 Å². The van der Waals surface area contributed by atoms with Crippen LogP contribution in [-0.2, 0) is 18.1 Å². The fraction of sp³-hybridized carbons (Fsp3) is 0.312. The third-order valence-electron chi connectivity index (χ3n) is 2.91. The van der Waals surface area contributed by atoms with Crippen molar-refractivity contribution in [3.05, 3.63) is 58.3 Å². The molecule has 124 valence electrons. The Morgan fingerprint density at radius 1 is 1.09 bits per heavy atom. The Bertz CT molecular complexity index is 646. The molecule has 1 unspecified atom stereocenters. The maximum absolute atomic E-state index is 12.7. The van der Waals surface area contributed by atoms with Gasteiger partial charge in [-0.3, -0.25) is 18.4 Å². The van der Waals surface area contributed by atoms with E-state index in [1.54, 1.807) is 55.6 Å². The number of phosphoric ester groups is 1. The molecule has 0 aliphatic heterocycles. The lowest BCUT2D eigenvalue weighted by atomic mass is 10.1. The summed E-state index contributed by atoms with van der Waals surface area (Å²) < 4.78 is 28.5. The number of Topliss-reactive ketones (excluding diaryl/α,β-unsaturated/α-hetero) is 1. The summed E-state index contributed by atoms with van der Waals surface area (Å²) in [5.41, 5.74) is 0.602. The van der Waals surface area contributed by atoms with Crippen LogP contribution in [0.2, 0.25) is 0 Å². The molecule has 0 radical (unpaired) electrons. The highest BCUT2D eigenvalue weighted by Gasteiger charge is 2.35. The van der Waals surface area contributed by atoms with E-state index in [2.05, 4.69) is 0 Å². The van der Waals surface area contributed by atoms with Crippen molar-refractivity contribution in [1.29, 1.82) is 0 Å². The van der Waals surface area contributed by atoms with E-state index >= 15 is 0 Å². The van der Waals surface area contributed by atoms with Gasteiger partial charge in [0.15, 0.2) is 6.10 Å². The second-order valence-electron chi connectivity index (χ2n) is 4.52. The smallest absolute Gasteiger partial charge is 0.290 e. The minimum atomic E-state index is -3.81. The van der Waals surface area contributed by atoms with Crippen molar-refractivity contribution in [3.8, 4) is 0 Å². The molecule has 0 saturated carbocycles. The standard InChI is InChI=1S/C16H19O5PS/c1-3-19-22(18,20-4-2)21-16(13-9-6-5-7-10-13)15(17)14-11-8-12-23-14/h5-12,16H,3-4H2,1-2H3. The highest BCUT2D eigenvalue weighted by atomic mass is 32.1. The van der Waals surface area contributed by atoms with Crippen LogP contribution in [-0.4, -0.2) is 19.0 Å². The molecule has 2 aromatic rings. The van der Waals surface area contributed by atoms with Crippen molar-refractivity contribution in [2.75, 3.05) is 13.2 Å². The molecule has 0 N–H and O–H groups in total. The first-order valence-corrected chi connectivity index (χ1v) is 9.64. The van der Waals surface area contributed by atoms with Crippen molar-refractivity contribution < 1.29 is 22.9 Å². The molecule has 1 aromatic heterocycles. The summed E-state index contributed by atoms with van der Waals surface area (Å²) in [5, 5.41) is 1.81. The third kappa shape index (κ3) is 4.83. The van der Waals surface area contributed by atoms with Crippen LogP contribution >= 0.6 is 19.2 Å². The number of rotatable bonds is 9. The molecular formula is C16H19O5PS. The van der Waals surface area contributed by atoms with Gasteiger partial charge in [-0.15, -0.1) is 11.3 Å². The lowest BCUT2D eigenvalue weighted by Crippen LogP contribution is -2.16.